The summed E-state index contributed by atoms with van der Waals surface area (Å²) in [4.78, 5) is 12.9. The summed E-state index contributed by atoms with van der Waals surface area (Å²) in [5.41, 5.74) is 2.26. The molecule has 0 fully saturated rings. The van der Waals surface area contributed by atoms with Crippen LogP contribution in [0.4, 0.5) is 5.69 Å². The molecule has 0 bridgehead atoms. The van der Waals surface area contributed by atoms with Gasteiger partial charge in [-0.15, -0.1) is 0 Å². The number of rotatable bonds is 3. The second kappa shape index (κ2) is 4.94. The molecule has 0 atom stereocenters. The topological polar surface area (TPSA) is 55.6 Å². The molecule has 0 N–H and O–H groups in total. The molecule has 0 unspecified atom stereocenters. The van der Waals surface area contributed by atoms with Crippen LogP contribution in [0.1, 0.15) is 25.0 Å². The lowest BCUT2D eigenvalue weighted by atomic mass is 9.99. The van der Waals surface area contributed by atoms with Crippen LogP contribution >= 0.6 is 0 Å². The van der Waals surface area contributed by atoms with Crippen molar-refractivity contribution >= 4 is 5.69 Å². The molecule has 98 valence electrons. The molecule has 2 rings (SSSR count). The number of nitro groups is 1. The number of hydrogen-bond acceptors (Lipinski definition) is 4. The highest BCUT2D eigenvalue weighted by Gasteiger charge is 2.23. The lowest BCUT2D eigenvalue weighted by Gasteiger charge is -2.25. The summed E-state index contributed by atoms with van der Waals surface area (Å²) in [7, 11) is 2.02. The average molecular weight is 250 g/mol. The molecule has 1 aliphatic rings. The second-order valence-electron chi connectivity index (χ2n) is 5.00. The number of benzene rings is 1. The van der Waals surface area contributed by atoms with Crippen LogP contribution in [0.25, 0.3) is 0 Å². The Balaban J connectivity index is 2.43. The maximum absolute atomic E-state index is 11.1. The van der Waals surface area contributed by atoms with Crippen LogP contribution in [0.5, 0.6) is 5.75 Å². The van der Waals surface area contributed by atoms with Crippen LogP contribution in [-0.4, -0.2) is 29.5 Å². The summed E-state index contributed by atoms with van der Waals surface area (Å²) >= 11 is 0. The van der Waals surface area contributed by atoms with Crippen molar-refractivity contribution in [3.8, 4) is 5.75 Å². The molecule has 1 aliphatic heterocycles. The smallest absolute Gasteiger partial charge is 0.311 e. The SMILES string of the molecule is CC(C)Oc1cc2c(cc1[N+](=O)[O-])CN(C)CC2. The van der Waals surface area contributed by atoms with Gasteiger partial charge in [0.25, 0.3) is 0 Å². The zero-order chi connectivity index (χ0) is 13.3. The predicted molar refractivity (Wildman–Crippen MR) is 68.9 cm³/mol. The van der Waals surface area contributed by atoms with Crippen LogP contribution in [0.3, 0.4) is 0 Å². The molecule has 1 aromatic rings. The van der Waals surface area contributed by atoms with Crippen molar-refractivity contribution in [3.63, 3.8) is 0 Å². The monoisotopic (exact) mass is 250 g/mol. The quantitative estimate of drug-likeness (QED) is 0.610. The van der Waals surface area contributed by atoms with Crippen molar-refractivity contribution < 1.29 is 9.66 Å². The molecule has 5 heteroatoms. The Labute approximate surface area is 107 Å². The number of nitro benzene ring substituents is 1. The fraction of sp³-hybridized carbons (Fsp3) is 0.538. The Morgan fingerprint density at radius 1 is 1.39 bits per heavy atom. The summed E-state index contributed by atoms with van der Waals surface area (Å²) in [5, 5.41) is 11.1. The average Bonchev–Trinajstić information content (AvgIpc) is 2.27. The Morgan fingerprint density at radius 2 is 2.11 bits per heavy atom. The molecule has 1 aromatic carbocycles. The summed E-state index contributed by atoms with van der Waals surface area (Å²) in [6, 6.07) is 3.49. The van der Waals surface area contributed by atoms with E-state index in [4.69, 9.17) is 4.74 Å². The summed E-state index contributed by atoms with van der Waals surface area (Å²) in [6.07, 6.45) is 0.853. The Hall–Kier alpha value is -1.62. The summed E-state index contributed by atoms with van der Waals surface area (Å²) < 4.78 is 5.54. The van der Waals surface area contributed by atoms with Crippen LogP contribution in [0, 0.1) is 10.1 Å². The van der Waals surface area contributed by atoms with Gasteiger partial charge in [0.05, 0.1) is 11.0 Å². The van der Waals surface area contributed by atoms with E-state index in [2.05, 4.69) is 4.90 Å². The first-order valence-electron chi connectivity index (χ1n) is 6.12. The van der Waals surface area contributed by atoms with Crippen molar-refractivity contribution in [2.75, 3.05) is 13.6 Å². The Morgan fingerprint density at radius 3 is 2.72 bits per heavy atom. The van der Waals surface area contributed by atoms with Crippen molar-refractivity contribution in [1.29, 1.82) is 0 Å². The number of likely N-dealkylation sites (N-methyl/N-ethyl adjacent to an activating group) is 1. The lowest BCUT2D eigenvalue weighted by molar-refractivity contribution is -0.386. The molecule has 0 aromatic heterocycles. The molecule has 18 heavy (non-hydrogen) atoms. The summed E-state index contributed by atoms with van der Waals surface area (Å²) in [6.45, 7) is 5.48. The Kier molecular flexibility index (Phi) is 3.52. The molecule has 0 saturated heterocycles. The van der Waals surface area contributed by atoms with Gasteiger partial charge in [-0.2, -0.15) is 0 Å². The van der Waals surface area contributed by atoms with Crippen LogP contribution in [0.2, 0.25) is 0 Å². The largest absolute Gasteiger partial charge is 0.484 e. The van der Waals surface area contributed by atoms with Crippen molar-refractivity contribution in [1.82, 2.24) is 4.90 Å². The minimum absolute atomic E-state index is 0.0620. The van der Waals surface area contributed by atoms with Gasteiger partial charge in [0, 0.05) is 19.2 Å². The molecule has 0 saturated carbocycles. The van der Waals surface area contributed by atoms with Gasteiger partial charge in [-0.1, -0.05) is 0 Å². The van der Waals surface area contributed by atoms with E-state index >= 15 is 0 Å². The van der Waals surface area contributed by atoms with Gasteiger partial charge < -0.3 is 9.64 Å². The summed E-state index contributed by atoms with van der Waals surface area (Å²) in [5.74, 6) is 0.387. The van der Waals surface area contributed by atoms with Gasteiger partial charge in [0.15, 0.2) is 5.75 Å². The van der Waals surface area contributed by atoms with E-state index in [0.717, 1.165) is 30.6 Å². The molecule has 0 radical (unpaired) electrons. The number of nitrogens with zero attached hydrogens (tertiary/aromatic N) is 2. The molecule has 1 heterocycles. The van der Waals surface area contributed by atoms with Gasteiger partial charge in [-0.05, 0) is 44.5 Å². The Bertz CT molecular complexity index is 472. The first-order valence-corrected chi connectivity index (χ1v) is 6.12. The normalized spacial score (nSPS) is 15.6. The highest BCUT2D eigenvalue weighted by molar-refractivity contribution is 5.53. The zero-order valence-corrected chi connectivity index (χ0v) is 11.0. The van der Waals surface area contributed by atoms with Gasteiger partial charge in [-0.3, -0.25) is 10.1 Å². The van der Waals surface area contributed by atoms with Crippen LogP contribution < -0.4 is 4.74 Å². The van der Waals surface area contributed by atoms with Crippen LogP contribution in [-0.2, 0) is 13.0 Å². The van der Waals surface area contributed by atoms with Crippen molar-refractivity contribution in [2.24, 2.45) is 0 Å². The highest BCUT2D eigenvalue weighted by atomic mass is 16.6. The first kappa shape index (κ1) is 12.8. The van der Waals surface area contributed by atoms with Crippen LogP contribution in [0.15, 0.2) is 12.1 Å². The fourth-order valence-electron chi connectivity index (χ4n) is 2.21. The van der Waals surface area contributed by atoms with E-state index in [-0.39, 0.29) is 16.7 Å². The van der Waals surface area contributed by atoms with E-state index in [1.54, 1.807) is 6.07 Å². The maximum atomic E-state index is 11.1. The molecule has 0 spiro atoms. The fourth-order valence-corrected chi connectivity index (χ4v) is 2.21. The van der Waals surface area contributed by atoms with Gasteiger partial charge in [-0.25, -0.2) is 0 Å². The molecule has 5 nitrogen and oxygen atoms in total. The molecule has 0 aliphatic carbocycles. The predicted octanol–water partition coefficient (Wildman–Crippen LogP) is 2.37. The van der Waals surface area contributed by atoms with E-state index in [0.29, 0.717) is 5.75 Å². The van der Waals surface area contributed by atoms with E-state index in [1.807, 2.05) is 27.0 Å². The van der Waals surface area contributed by atoms with Crippen molar-refractivity contribution in [3.05, 3.63) is 33.4 Å². The molecule has 0 amide bonds. The number of hydrogen-bond donors (Lipinski definition) is 0. The minimum atomic E-state index is -0.368. The number of ether oxygens (including phenoxy) is 1. The standard InChI is InChI=1S/C13H18N2O3/c1-9(2)18-13-7-10-4-5-14(3)8-11(10)6-12(13)15(16)17/h6-7,9H,4-5,8H2,1-3H3. The molecular weight excluding hydrogens is 232 g/mol. The minimum Gasteiger partial charge on any atom is -0.484 e. The third-order valence-corrected chi connectivity index (χ3v) is 3.04. The second-order valence-corrected chi connectivity index (χ2v) is 5.00. The highest BCUT2D eigenvalue weighted by Crippen LogP contribution is 2.33. The molecular formula is C13H18N2O3. The van der Waals surface area contributed by atoms with Crippen molar-refractivity contribution in [2.45, 2.75) is 32.9 Å². The zero-order valence-electron chi connectivity index (χ0n) is 11.0. The maximum Gasteiger partial charge on any atom is 0.311 e. The third kappa shape index (κ3) is 2.61. The third-order valence-electron chi connectivity index (χ3n) is 3.04. The van der Waals surface area contributed by atoms with Gasteiger partial charge in [0.2, 0.25) is 0 Å². The number of fused-ring (bicyclic) bond motifs is 1. The van der Waals surface area contributed by atoms with Gasteiger partial charge in [0.1, 0.15) is 0 Å². The lowest BCUT2D eigenvalue weighted by Crippen LogP contribution is -2.26. The van der Waals surface area contributed by atoms with Gasteiger partial charge >= 0.3 is 5.69 Å². The van der Waals surface area contributed by atoms with E-state index in [9.17, 15) is 10.1 Å². The van der Waals surface area contributed by atoms with E-state index in [1.165, 1.54) is 0 Å². The van der Waals surface area contributed by atoms with E-state index < -0.39 is 0 Å². The first-order chi connectivity index (χ1) is 8.47.